The molecular formula is C70H129O24P. The molecule has 0 aromatic carbocycles. The highest BCUT2D eigenvalue weighted by Gasteiger charge is 2.58. The molecule has 18 unspecified atom stereocenters. The maximum absolute atomic E-state index is 14.3. The van der Waals surface area contributed by atoms with E-state index in [1.54, 1.807) is 0 Å². The quantitative estimate of drug-likeness (QED) is 0.00887. The van der Waals surface area contributed by atoms with Crippen molar-refractivity contribution in [1.82, 2.24) is 0 Å². The molecule has 11 N–H and O–H groups in total. The van der Waals surface area contributed by atoms with Crippen LogP contribution in [0.3, 0.4) is 0 Å². The van der Waals surface area contributed by atoms with Gasteiger partial charge in [0.15, 0.2) is 18.7 Å². The number of unbranched alkanes of at least 4 members (excludes halogenated alkanes) is 34. The van der Waals surface area contributed by atoms with Crippen LogP contribution in [0.5, 0.6) is 0 Å². The number of phosphoric acid groups is 1. The van der Waals surface area contributed by atoms with Gasteiger partial charge in [0.2, 0.25) is 0 Å². The maximum Gasteiger partial charge on any atom is 0.472 e. The van der Waals surface area contributed by atoms with Crippen molar-refractivity contribution in [1.29, 1.82) is 0 Å². The van der Waals surface area contributed by atoms with Crippen LogP contribution < -0.4 is 0 Å². The van der Waals surface area contributed by atoms with E-state index in [-0.39, 0.29) is 19.3 Å². The Balaban J connectivity index is 1.74. The predicted molar refractivity (Wildman–Crippen MR) is 356 cm³/mol. The van der Waals surface area contributed by atoms with E-state index in [1.807, 2.05) is 0 Å². The van der Waals surface area contributed by atoms with Crippen LogP contribution in [0.25, 0.3) is 0 Å². The smallest absolute Gasteiger partial charge is 0.463 e. The van der Waals surface area contributed by atoms with Gasteiger partial charge in [-0.1, -0.05) is 232 Å². The molecule has 0 spiro atoms. The molecule has 2 heterocycles. The third-order valence-corrected chi connectivity index (χ3v) is 19.3. The molecule has 0 bridgehead atoms. The highest BCUT2D eigenvalue weighted by Crippen LogP contribution is 2.49. The molecule has 3 aliphatic rings. The highest BCUT2D eigenvalue weighted by atomic mass is 31.2. The van der Waals surface area contributed by atoms with Gasteiger partial charge in [0, 0.05) is 19.3 Å². The number of rotatable bonds is 57. The van der Waals surface area contributed by atoms with Crippen LogP contribution in [0, 0.1) is 0 Å². The number of hydrogen-bond donors (Lipinski definition) is 11. The number of carbonyl (C=O) groups excluding carboxylic acids is 3. The number of carbonyl (C=O) groups is 3. The summed E-state index contributed by atoms with van der Waals surface area (Å²) in [4.78, 5) is 50.9. The zero-order chi connectivity index (χ0) is 69.6. The Bertz CT molecular complexity index is 2020. The fourth-order valence-electron chi connectivity index (χ4n) is 12.2. The Morgan fingerprint density at radius 3 is 1.15 bits per heavy atom. The second kappa shape index (κ2) is 52.6. The molecular weight excluding hydrogens is 1260 g/mol. The molecule has 3 rings (SSSR count). The van der Waals surface area contributed by atoms with Gasteiger partial charge in [-0.15, -0.1) is 0 Å². The van der Waals surface area contributed by atoms with E-state index in [1.165, 1.54) is 109 Å². The average molecular weight is 1390 g/mol. The van der Waals surface area contributed by atoms with E-state index >= 15 is 0 Å². The first-order chi connectivity index (χ1) is 45.8. The van der Waals surface area contributed by atoms with Gasteiger partial charge in [0.25, 0.3) is 0 Å². The van der Waals surface area contributed by atoms with Crippen molar-refractivity contribution in [3.63, 3.8) is 0 Å². The van der Waals surface area contributed by atoms with Crippen LogP contribution in [-0.4, -0.2) is 204 Å². The molecule has 0 aromatic heterocycles. The molecule has 3 fully saturated rings. The Labute approximate surface area is 567 Å². The molecule has 95 heavy (non-hydrogen) atoms. The average Bonchev–Trinajstić information content (AvgIpc) is 0.764. The van der Waals surface area contributed by atoms with Crippen LogP contribution in [0.1, 0.15) is 284 Å². The minimum absolute atomic E-state index is 0.0247. The highest BCUT2D eigenvalue weighted by molar-refractivity contribution is 7.47. The minimum Gasteiger partial charge on any atom is -0.463 e. The zero-order valence-corrected chi connectivity index (χ0v) is 58.9. The monoisotopic (exact) mass is 1380 g/mol. The van der Waals surface area contributed by atoms with Gasteiger partial charge < -0.3 is 89.1 Å². The lowest BCUT2D eigenvalue weighted by Crippen LogP contribution is -2.69. The van der Waals surface area contributed by atoms with E-state index in [2.05, 4.69) is 32.9 Å². The van der Waals surface area contributed by atoms with Gasteiger partial charge in [-0.25, -0.2) is 4.57 Å². The van der Waals surface area contributed by atoms with Crippen molar-refractivity contribution in [2.75, 3.05) is 26.4 Å². The summed E-state index contributed by atoms with van der Waals surface area (Å²) in [7, 11) is -5.69. The number of aliphatic hydroxyl groups is 10. The summed E-state index contributed by atoms with van der Waals surface area (Å²) < 4.78 is 64.9. The normalized spacial score (nSPS) is 28.1. The Hall–Kier alpha value is -2.30. The van der Waals surface area contributed by atoms with Crippen LogP contribution in [-0.2, 0) is 61.2 Å². The first kappa shape index (κ1) is 86.9. The van der Waals surface area contributed by atoms with Crippen molar-refractivity contribution in [2.45, 2.75) is 388 Å². The van der Waals surface area contributed by atoms with E-state index in [0.717, 1.165) is 116 Å². The SMILES string of the molecule is CCCCCC/C=C\CCCCCCCCCC(=O)OCC1OC(OC2C(O)C(O)C(O)C(OC3OC(CO)C(O)C(O)C3O)C2OP(=O)(O)OCC(COC(=O)CCCCCCCCCCCCCCC)OC(=O)CCCCCCCCCCCCCC)C(O)C(O)C1O. The minimum atomic E-state index is -5.69. The van der Waals surface area contributed by atoms with E-state index in [9.17, 15) is 74.9 Å². The molecule has 0 radical (unpaired) electrons. The molecule has 18 atom stereocenters. The predicted octanol–water partition coefficient (Wildman–Crippen LogP) is 9.57. The topological polar surface area (TPSA) is 374 Å². The van der Waals surface area contributed by atoms with E-state index < -0.39 is 156 Å². The lowest BCUT2D eigenvalue weighted by atomic mass is 9.84. The summed E-state index contributed by atoms with van der Waals surface area (Å²) in [6.45, 7) is 3.42. The molecule has 1 aliphatic carbocycles. The summed E-state index contributed by atoms with van der Waals surface area (Å²) in [5.41, 5.74) is 0. The molecule has 0 aromatic rings. The lowest BCUT2D eigenvalue weighted by Gasteiger charge is -2.49. The third kappa shape index (κ3) is 36.2. The standard InChI is InChI=1S/C70H129O24P/c1-4-7-10-13-16-19-22-25-26-28-31-33-36-39-42-45-55(73)87-50-53-58(76)60(78)65(83)70(91-53)93-67-63(81)61(79)62(80)66(92-69-64(82)59(77)57(75)52(47-71)90-69)68(67)94-95(84,85)88-49-51(89-56(74)46-43-40-37-34-29-24-21-18-15-12-9-6-3)48-86-54(72)44-41-38-35-32-30-27-23-20-17-14-11-8-5-2/h19,22,51-53,57-71,75-83H,4-18,20-21,23-50H2,1-3H3,(H,84,85)/b22-19-. The van der Waals surface area contributed by atoms with Gasteiger partial charge in [0.1, 0.15) is 98.7 Å². The van der Waals surface area contributed by atoms with Crippen LogP contribution in [0.2, 0.25) is 0 Å². The van der Waals surface area contributed by atoms with E-state index in [0.29, 0.717) is 19.3 Å². The number of hydrogen-bond acceptors (Lipinski definition) is 23. The third-order valence-electron chi connectivity index (χ3n) is 18.3. The largest absolute Gasteiger partial charge is 0.472 e. The number of esters is 3. The molecule has 558 valence electrons. The van der Waals surface area contributed by atoms with Gasteiger partial charge in [-0.05, 0) is 44.9 Å². The van der Waals surface area contributed by atoms with Crippen molar-refractivity contribution in [3.8, 4) is 0 Å². The number of phosphoric ester groups is 1. The van der Waals surface area contributed by atoms with Crippen LogP contribution in [0.15, 0.2) is 12.2 Å². The van der Waals surface area contributed by atoms with E-state index in [4.69, 9.17) is 42.2 Å². The summed E-state index contributed by atoms with van der Waals surface area (Å²) in [6, 6.07) is 0. The van der Waals surface area contributed by atoms with Gasteiger partial charge >= 0.3 is 25.7 Å². The lowest BCUT2D eigenvalue weighted by molar-refractivity contribution is -0.360. The Morgan fingerprint density at radius 2 is 0.737 bits per heavy atom. The van der Waals surface area contributed by atoms with Gasteiger partial charge in [-0.2, -0.15) is 0 Å². The molecule has 24 nitrogen and oxygen atoms in total. The molecule has 1 saturated carbocycles. The van der Waals surface area contributed by atoms with Crippen molar-refractivity contribution in [2.24, 2.45) is 0 Å². The summed E-state index contributed by atoms with van der Waals surface area (Å²) in [6.07, 6.45) is 10.0. The number of aliphatic hydroxyl groups excluding tert-OH is 10. The van der Waals surface area contributed by atoms with Crippen LogP contribution in [0.4, 0.5) is 0 Å². The first-order valence-corrected chi connectivity index (χ1v) is 38.5. The van der Waals surface area contributed by atoms with Crippen molar-refractivity contribution >= 4 is 25.7 Å². The Morgan fingerprint density at radius 1 is 0.400 bits per heavy atom. The fourth-order valence-corrected chi connectivity index (χ4v) is 13.2. The first-order valence-electron chi connectivity index (χ1n) is 37.0. The molecule has 2 aliphatic heterocycles. The Kier molecular flexibility index (Phi) is 48.2. The van der Waals surface area contributed by atoms with Gasteiger partial charge in [0.05, 0.1) is 13.2 Å². The van der Waals surface area contributed by atoms with Crippen molar-refractivity contribution in [3.05, 3.63) is 12.2 Å². The summed E-state index contributed by atoms with van der Waals surface area (Å²) in [5.74, 6) is -1.99. The van der Waals surface area contributed by atoms with Crippen LogP contribution >= 0.6 is 7.82 Å². The summed E-state index contributed by atoms with van der Waals surface area (Å²) in [5, 5.41) is 110. The number of allylic oxidation sites excluding steroid dienone is 2. The second-order valence-corrected chi connectivity index (χ2v) is 28.1. The second-order valence-electron chi connectivity index (χ2n) is 26.7. The number of ether oxygens (including phenoxy) is 7. The fraction of sp³-hybridized carbons (Fsp3) is 0.929. The van der Waals surface area contributed by atoms with Gasteiger partial charge in [-0.3, -0.25) is 23.4 Å². The molecule has 2 saturated heterocycles. The summed E-state index contributed by atoms with van der Waals surface area (Å²) >= 11 is 0. The molecule has 25 heteroatoms. The zero-order valence-electron chi connectivity index (χ0n) is 58.0. The molecule has 0 amide bonds. The maximum atomic E-state index is 14.3. The van der Waals surface area contributed by atoms with Crippen molar-refractivity contribution < 1.29 is 117 Å².